The Hall–Kier alpha value is -2.29. The minimum absolute atomic E-state index is 0.552. The molecular weight excluding hydrogens is 210 g/mol. The number of nitrogens with zero attached hydrogens (tertiary/aromatic N) is 2. The maximum absolute atomic E-state index is 5.70. The average Bonchev–Trinajstić information content (AvgIpc) is 2.68. The number of hydrogen-bond donors (Lipinski definition) is 1. The van der Waals surface area contributed by atoms with Gasteiger partial charge in [0.1, 0.15) is 5.82 Å². The summed E-state index contributed by atoms with van der Waals surface area (Å²) in [6.07, 6.45) is 0. The van der Waals surface area contributed by atoms with Gasteiger partial charge in [0.2, 0.25) is 0 Å². The van der Waals surface area contributed by atoms with Crippen molar-refractivity contribution >= 4 is 16.6 Å². The SMILES string of the molecule is Cc1cc(N)nn1-c1ccc2ccccc2c1. The molecule has 0 spiro atoms. The molecule has 0 radical (unpaired) electrons. The fourth-order valence-electron chi connectivity index (χ4n) is 2.07. The molecule has 0 bridgehead atoms. The third kappa shape index (κ3) is 1.65. The minimum atomic E-state index is 0.552. The van der Waals surface area contributed by atoms with Crippen molar-refractivity contribution in [3.8, 4) is 5.69 Å². The first-order valence-corrected chi connectivity index (χ1v) is 5.55. The van der Waals surface area contributed by atoms with E-state index in [1.54, 1.807) is 0 Å². The predicted octanol–water partition coefficient (Wildman–Crippen LogP) is 2.92. The topological polar surface area (TPSA) is 43.8 Å². The van der Waals surface area contributed by atoms with Crippen LogP contribution in [0.15, 0.2) is 48.5 Å². The van der Waals surface area contributed by atoms with E-state index in [4.69, 9.17) is 5.73 Å². The molecule has 84 valence electrons. The Labute approximate surface area is 99.5 Å². The van der Waals surface area contributed by atoms with Crippen LogP contribution in [0.4, 0.5) is 5.82 Å². The lowest BCUT2D eigenvalue weighted by atomic mass is 10.1. The molecule has 1 aromatic heterocycles. The summed E-state index contributed by atoms with van der Waals surface area (Å²) in [7, 11) is 0. The summed E-state index contributed by atoms with van der Waals surface area (Å²) in [5.74, 6) is 0.552. The molecule has 0 fully saturated rings. The van der Waals surface area contributed by atoms with E-state index in [2.05, 4.69) is 35.4 Å². The van der Waals surface area contributed by atoms with E-state index in [1.807, 2.05) is 29.8 Å². The lowest BCUT2D eigenvalue weighted by molar-refractivity contribution is 0.853. The summed E-state index contributed by atoms with van der Waals surface area (Å²) < 4.78 is 1.86. The van der Waals surface area contributed by atoms with Gasteiger partial charge in [-0.1, -0.05) is 30.3 Å². The molecule has 2 N–H and O–H groups in total. The summed E-state index contributed by atoms with van der Waals surface area (Å²) in [6.45, 7) is 2.00. The lowest BCUT2D eigenvalue weighted by Crippen LogP contribution is -1.99. The normalized spacial score (nSPS) is 10.9. The van der Waals surface area contributed by atoms with E-state index in [-0.39, 0.29) is 0 Å². The number of hydrogen-bond acceptors (Lipinski definition) is 2. The first-order valence-electron chi connectivity index (χ1n) is 5.55. The maximum Gasteiger partial charge on any atom is 0.146 e. The van der Waals surface area contributed by atoms with Crippen LogP contribution in [0.2, 0.25) is 0 Å². The van der Waals surface area contributed by atoms with Gasteiger partial charge in [-0.3, -0.25) is 0 Å². The van der Waals surface area contributed by atoms with Crippen molar-refractivity contribution in [1.82, 2.24) is 9.78 Å². The molecule has 3 nitrogen and oxygen atoms in total. The highest BCUT2D eigenvalue weighted by atomic mass is 15.3. The fraction of sp³-hybridized carbons (Fsp3) is 0.0714. The van der Waals surface area contributed by atoms with Gasteiger partial charge in [-0.25, -0.2) is 4.68 Å². The quantitative estimate of drug-likeness (QED) is 0.689. The molecule has 1 heterocycles. The Balaban J connectivity index is 2.21. The summed E-state index contributed by atoms with van der Waals surface area (Å²) >= 11 is 0. The third-order valence-corrected chi connectivity index (χ3v) is 2.88. The van der Waals surface area contributed by atoms with Crippen LogP contribution in [0.3, 0.4) is 0 Å². The highest BCUT2D eigenvalue weighted by molar-refractivity contribution is 5.84. The third-order valence-electron chi connectivity index (χ3n) is 2.88. The van der Waals surface area contributed by atoms with Crippen LogP contribution in [-0.4, -0.2) is 9.78 Å². The standard InChI is InChI=1S/C14H13N3/c1-10-8-14(15)16-17(10)13-7-6-11-4-2-3-5-12(11)9-13/h2-9H,1H3,(H2,15,16). The Bertz CT molecular complexity index is 683. The molecule has 0 aliphatic carbocycles. The van der Waals surface area contributed by atoms with E-state index < -0.39 is 0 Å². The second-order valence-electron chi connectivity index (χ2n) is 4.15. The van der Waals surface area contributed by atoms with E-state index in [0.717, 1.165) is 11.4 Å². The second kappa shape index (κ2) is 3.63. The predicted molar refractivity (Wildman–Crippen MR) is 70.2 cm³/mol. The van der Waals surface area contributed by atoms with Gasteiger partial charge in [0.15, 0.2) is 0 Å². The van der Waals surface area contributed by atoms with Crippen LogP contribution in [0.5, 0.6) is 0 Å². The Morgan fingerprint density at radius 3 is 2.47 bits per heavy atom. The summed E-state index contributed by atoms with van der Waals surface area (Å²) in [4.78, 5) is 0. The highest BCUT2D eigenvalue weighted by Gasteiger charge is 2.04. The van der Waals surface area contributed by atoms with Crippen LogP contribution in [0, 0.1) is 6.92 Å². The van der Waals surface area contributed by atoms with Crippen LogP contribution < -0.4 is 5.73 Å². The molecular formula is C14H13N3. The van der Waals surface area contributed by atoms with Crippen molar-refractivity contribution in [3.05, 3.63) is 54.2 Å². The summed E-state index contributed by atoms with van der Waals surface area (Å²) in [5.41, 5.74) is 7.78. The molecule has 0 aliphatic rings. The molecule has 3 aromatic rings. The van der Waals surface area contributed by atoms with E-state index in [0.29, 0.717) is 5.82 Å². The largest absolute Gasteiger partial charge is 0.382 e. The van der Waals surface area contributed by atoms with Gasteiger partial charge in [0.25, 0.3) is 0 Å². The number of aromatic nitrogens is 2. The van der Waals surface area contributed by atoms with Crippen LogP contribution in [-0.2, 0) is 0 Å². The van der Waals surface area contributed by atoms with Crippen LogP contribution in [0.25, 0.3) is 16.5 Å². The van der Waals surface area contributed by atoms with Gasteiger partial charge >= 0.3 is 0 Å². The Morgan fingerprint density at radius 1 is 1.00 bits per heavy atom. The second-order valence-corrected chi connectivity index (χ2v) is 4.15. The van der Waals surface area contributed by atoms with Crippen molar-refractivity contribution in [3.63, 3.8) is 0 Å². The van der Waals surface area contributed by atoms with Crippen molar-refractivity contribution in [2.75, 3.05) is 5.73 Å². The van der Waals surface area contributed by atoms with Gasteiger partial charge in [0.05, 0.1) is 5.69 Å². The highest BCUT2D eigenvalue weighted by Crippen LogP contribution is 2.19. The average molecular weight is 223 g/mol. The number of fused-ring (bicyclic) bond motifs is 1. The molecule has 17 heavy (non-hydrogen) atoms. The minimum Gasteiger partial charge on any atom is -0.382 e. The van der Waals surface area contributed by atoms with Gasteiger partial charge in [-0.05, 0) is 29.8 Å². The summed E-state index contributed by atoms with van der Waals surface area (Å²) in [6, 6.07) is 16.4. The van der Waals surface area contributed by atoms with E-state index in [9.17, 15) is 0 Å². The van der Waals surface area contributed by atoms with Gasteiger partial charge in [-0.15, -0.1) is 0 Å². The van der Waals surface area contributed by atoms with Gasteiger partial charge in [0, 0.05) is 11.8 Å². The molecule has 0 atom stereocenters. The van der Waals surface area contributed by atoms with Gasteiger partial charge in [-0.2, -0.15) is 5.10 Å². The monoisotopic (exact) mass is 223 g/mol. The molecule has 0 amide bonds. The number of nitrogens with two attached hydrogens (primary N) is 1. The molecule has 0 saturated carbocycles. The zero-order chi connectivity index (χ0) is 11.8. The number of rotatable bonds is 1. The first kappa shape index (κ1) is 9.90. The number of aryl methyl sites for hydroxylation is 1. The molecule has 0 saturated heterocycles. The van der Waals surface area contributed by atoms with E-state index in [1.165, 1.54) is 10.8 Å². The molecule has 0 aliphatic heterocycles. The molecule has 2 aromatic carbocycles. The van der Waals surface area contributed by atoms with E-state index >= 15 is 0 Å². The first-order chi connectivity index (χ1) is 8.24. The smallest absolute Gasteiger partial charge is 0.146 e. The van der Waals surface area contributed by atoms with Crippen LogP contribution >= 0.6 is 0 Å². The van der Waals surface area contributed by atoms with Crippen molar-refractivity contribution in [2.45, 2.75) is 6.92 Å². The molecule has 0 unspecified atom stereocenters. The number of anilines is 1. The van der Waals surface area contributed by atoms with Crippen molar-refractivity contribution in [1.29, 1.82) is 0 Å². The number of benzene rings is 2. The maximum atomic E-state index is 5.70. The number of nitrogen functional groups attached to an aromatic ring is 1. The van der Waals surface area contributed by atoms with Crippen molar-refractivity contribution < 1.29 is 0 Å². The molecule has 3 heteroatoms. The fourth-order valence-corrected chi connectivity index (χ4v) is 2.07. The molecule has 3 rings (SSSR count). The Morgan fingerprint density at radius 2 is 1.76 bits per heavy atom. The van der Waals surface area contributed by atoms with Crippen molar-refractivity contribution in [2.24, 2.45) is 0 Å². The Kier molecular flexibility index (Phi) is 2.11. The zero-order valence-electron chi connectivity index (χ0n) is 9.59. The van der Waals surface area contributed by atoms with Crippen LogP contribution in [0.1, 0.15) is 5.69 Å². The van der Waals surface area contributed by atoms with Gasteiger partial charge < -0.3 is 5.73 Å². The lowest BCUT2D eigenvalue weighted by Gasteiger charge is -2.05. The zero-order valence-corrected chi connectivity index (χ0v) is 9.59. The summed E-state index contributed by atoms with van der Waals surface area (Å²) in [5, 5.41) is 6.72.